The van der Waals surface area contributed by atoms with Crippen LogP contribution >= 0.6 is 0 Å². The molecule has 0 atom stereocenters. The number of anilines is 1. The Morgan fingerprint density at radius 1 is 1.20 bits per heavy atom. The smallest absolute Gasteiger partial charge is 0.321 e. The highest BCUT2D eigenvalue weighted by atomic mass is 16.5. The van der Waals surface area contributed by atoms with E-state index in [1.165, 1.54) is 13.5 Å². The number of hydrogen-bond acceptors (Lipinski definition) is 8. The molecular formula is C16H22N6O3. The number of carbonyl (C=O) groups is 1. The Morgan fingerprint density at radius 2 is 1.96 bits per heavy atom. The van der Waals surface area contributed by atoms with Crippen LogP contribution in [-0.2, 0) is 6.54 Å². The van der Waals surface area contributed by atoms with Crippen molar-refractivity contribution in [2.24, 2.45) is 0 Å². The van der Waals surface area contributed by atoms with Crippen LogP contribution in [0.5, 0.6) is 6.01 Å². The first-order valence-electron chi connectivity index (χ1n) is 8.33. The van der Waals surface area contributed by atoms with Gasteiger partial charge in [-0.15, -0.1) is 0 Å². The van der Waals surface area contributed by atoms with Gasteiger partial charge in [0.05, 0.1) is 19.3 Å². The average molecular weight is 346 g/mol. The first-order valence-corrected chi connectivity index (χ1v) is 8.33. The fraction of sp³-hybridized carbons (Fsp3) is 0.562. The molecule has 1 aliphatic rings. The number of piperidine rings is 1. The molecular weight excluding hydrogens is 324 g/mol. The summed E-state index contributed by atoms with van der Waals surface area (Å²) in [5.74, 6) is 1.26. The van der Waals surface area contributed by atoms with Crippen LogP contribution in [0, 0.1) is 13.8 Å². The van der Waals surface area contributed by atoms with E-state index in [0.29, 0.717) is 28.8 Å². The molecule has 25 heavy (non-hydrogen) atoms. The summed E-state index contributed by atoms with van der Waals surface area (Å²) in [4.78, 5) is 27.5. The topological polar surface area (TPSA) is 106 Å². The molecule has 1 fully saturated rings. The second kappa shape index (κ2) is 7.45. The Kier molecular flexibility index (Phi) is 5.11. The zero-order valence-corrected chi connectivity index (χ0v) is 14.7. The number of aryl methyl sites for hydroxylation is 2. The molecule has 9 nitrogen and oxygen atoms in total. The summed E-state index contributed by atoms with van der Waals surface area (Å²) in [6.45, 7) is 5.43. The van der Waals surface area contributed by atoms with E-state index >= 15 is 0 Å². The number of rotatable bonds is 5. The van der Waals surface area contributed by atoms with Crippen molar-refractivity contribution in [2.75, 3.05) is 25.1 Å². The Balaban J connectivity index is 1.74. The molecule has 3 rings (SSSR count). The third kappa shape index (κ3) is 3.86. The minimum absolute atomic E-state index is 0.169. The Labute approximate surface area is 145 Å². The van der Waals surface area contributed by atoms with Crippen LogP contribution in [-0.4, -0.2) is 46.2 Å². The highest BCUT2D eigenvalue weighted by molar-refractivity contribution is 5.95. The molecule has 1 saturated heterocycles. The lowest BCUT2D eigenvalue weighted by Gasteiger charge is -2.26. The molecule has 1 N–H and O–H groups in total. The monoisotopic (exact) mass is 346 g/mol. The number of nitrogens with one attached hydrogen (secondary N) is 1. The second-order valence-corrected chi connectivity index (χ2v) is 5.97. The standard InChI is InChI=1S/C16H22N6O3/c1-10-13(11(2)25-21-10)14(23)17-9-12-18-15(20-16(19-12)24-3)22-7-5-4-6-8-22/h4-9H2,1-3H3,(H,17,23). The molecule has 0 aromatic carbocycles. The van der Waals surface area contributed by atoms with Crippen molar-refractivity contribution >= 4 is 11.9 Å². The number of methoxy groups -OCH3 is 1. The van der Waals surface area contributed by atoms with Crippen molar-refractivity contribution in [1.29, 1.82) is 0 Å². The second-order valence-electron chi connectivity index (χ2n) is 5.97. The summed E-state index contributed by atoms with van der Waals surface area (Å²) in [5, 5.41) is 6.59. The van der Waals surface area contributed by atoms with Crippen LogP contribution in [0.2, 0.25) is 0 Å². The van der Waals surface area contributed by atoms with Gasteiger partial charge in [0.15, 0.2) is 5.82 Å². The molecule has 3 heterocycles. The van der Waals surface area contributed by atoms with Gasteiger partial charge in [0.2, 0.25) is 5.95 Å². The molecule has 1 amide bonds. The van der Waals surface area contributed by atoms with Crippen molar-refractivity contribution in [1.82, 2.24) is 25.4 Å². The first-order chi connectivity index (χ1) is 12.1. The van der Waals surface area contributed by atoms with Gasteiger partial charge in [-0.25, -0.2) is 0 Å². The van der Waals surface area contributed by atoms with Crippen LogP contribution in [0.25, 0.3) is 0 Å². The lowest BCUT2D eigenvalue weighted by molar-refractivity contribution is 0.0947. The molecule has 2 aromatic rings. The minimum Gasteiger partial charge on any atom is -0.467 e. The maximum atomic E-state index is 12.3. The molecule has 0 unspecified atom stereocenters. The van der Waals surface area contributed by atoms with E-state index < -0.39 is 0 Å². The van der Waals surface area contributed by atoms with E-state index in [0.717, 1.165) is 25.9 Å². The maximum Gasteiger partial charge on any atom is 0.321 e. The lowest BCUT2D eigenvalue weighted by Crippen LogP contribution is -2.32. The van der Waals surface area contributed by atoms with E-state index in [9.17, 15) is 4.79 Å². The summed E-state index contributed by atoms with van der Waals surface area (Å²) < 4.78 is 10.2. The summed E-state index contributed by atoms with van der Waals surface area (Å²) >= 11 is 0. The largest absolute Gasteiger partial charge is 0.467 e. The highest BCUT2D eigenvalue weighted by Gasteiger charge is 2.19. The van der Waals surface area contributed by atoms with E-state index in [-0.39, 0.29) is 18.5 Å². The van der Waals surface area contributed by atoms with Gasteiger partial charge >= 0.3 is 6.01 Å². The van der Waals surface area contributed by atoms with Crippen LogP contribution in [0.15, 0.2) is 4.52 Å². The third-order valence-corrected chi connectivity index (χ3v) is 4.14. The summed E-state index contributed by atoms with van der Waals surface area (Å²) in [6.07, 6.45) is 3.46. The highest BCUT2D eigenvalue weighted by Crippen LogP contribution is 2.18. The molecule has 9 heteroatoms. The van der Waals surface area contributed by atoms with Crippen molar-refractivity contribution < 1.29 is 14.1 Å². The van der Waals surface area contributed by atoms with Gasteiger partial charge < -0.3 is 19.5 Å². The maximum absolute atomic E-state index is 12.3. The summed E-state index contributed by atoms with van der Waals surface area (Å²) in [7, 11) is 1.52. The van der Waals surface area contributed by atoms with Gasteiger partial charge in [-0.3, -0.25) is 4.79 Å². The number of aromatic nitrogens is 4. The van der Waals surface area contributed by atoms with E-state index in [1.807, 2.05) is 0 Å². The number of hydrogen-bond donors (Lipinski definition) is 1. The van der Waals surface area contributed by atoms with Crippen molar-refractivity contribution in [2.45, 2.75) is 39.7 Å². The molecule has 0 bridgehead atoms. The SMILES string of the molecule is COc1nc(CNC(=O)c2c(C)noc2C)nc(N2CCCCC2)n1. The quantitative estimate of drug-likeness (QED) is 0.866. The lowest BCUT2D eigenvalue weighted by atomic mass is 10.1. The van der Waals surface area contributed by atoms with Gasteiger partial charge in [0.25, 0.3) is 5.91 Å². The zero-order chi connectivity index (χ0) is 17.8. The number of amides is 1. The molecule has 2 aromatic heterocycles. The molecule has 0 spiro atoms. The fourth-order valence-corrected chi connectivity index (χ4v) is 2.85. The van der Waals surface area contributed by atoms with E-state index in [1.54, 1.807) is 13.8 Å². The molecule has 0 radical (unpaired) electrons. The predicted molar refractivity (Wildman–Crippen MR) is 89.6 cm³/mol. The van der Waals surface area contributed by atoms with Gasteiger partial charge in [-0.1, -0.05) is 5.16 Å². The average Bonchev–Trinajstić information content (AvgIpc) is 2.98. The van der Waals surface area contributed by atoms with Crippen LogP contribution < -0.4 is 15.0 Å². The van der Waals surface area contributed by atoms with E-state index in [2.05, 4.69) is 30.3 Å². The van der Waals surface area contributed by atoms with Crippen molar-refractivity contribution in [3.63, 3.8) is 0 Å². The van der Waals surface area contributed by atoms with Gasteiger partial charge in [-0.05, 0) is 33.1 Å². The zero-order valence-electron chi connectivity index (χ0n) is 14.7. The van der Waals surface area contributed by atoms with Crippen LogP contribution in [0.3, 0.4) is 0 Å². The van der Waals surface area contributed by atoms with Gasteiger partial charge in [0.1, 0.15) is 11.3 Å². The number of nitrogens with zero attached hydrogens (tertiary/aromatic N) is 5. The molecule has 0 saturated carbocycles. The van der Waals surface area contributed by atoms with Crippen molar-refractivity contribution in [3.05, 3.63) is 22.8 Å². The van der Waals surface area contributed by atoms with Crippen LogP contribution in [0.4, 0.5) is 5.95 Å². The Hall–Kier alpha value is -2.71. The third-order valence-electron chi connectivity index (χ3n) is 4.14. The number of ether oxygens (including phenoxy) is 1. The predicted octanol–water partition coefficient (Wildman–Crippen LogP) is 1.41. The van der Waals surface area contributed by atoms with E-state index in [4.69, 9.17) is 9.26 Å². The number of carbonyl (C=O) groups excluding carboxylic acids is 1. The Morgan fingerprint density at radius 3 is 2.60 bits per heavy atom. The summed E-state index contributed by atoms with van der Waals surface area (Å²) in [6, 6.07) is 0.247. The summed E-state index contributed by atoms with van der Waals surface area (Å²) in [5.41, 5.74) is 0.995. The molecule has 0 aliphatic carbocycles. The minimum atomic E-state index is -0.268. The first kappa shape index (κ1) is 17.1. The van der Waals surface area contributed by atoms with Gasteiger partial charge in [-0.2, -0.15) is 15.0 Å². The van der Waals surface area contributed by atoms with Crippen molar-refractivity contribution in [3.8, 4) is 6.01 Å². The van der Waals surface area contributed by atoms with Gasteiger partial charge in [0, 0.05) is 13.1 Å². The normalized spacial score (nSPS) is 14.4. The Bertz CT molecular complexity index is 735. The fourth-order valence-electron chi connectivity index (χ4n) is 2.85. The molecule has 1 aliphatic heterocycles. The van der Waals surface area contributed by atoms with Crippen LogP contribution in [0.1, 0.15) is 46.9 Å². The molecule has 134 valence electrons.